The fraction of sp³-hybridized carbons (Fsp3) is 0.545. The number of rotatable bonds is 3. The molecule has 0 saturated heterocycles. The van der Waals surface area contributed by atoms with Crippen LogP contribution in [0.3, 0.4) is 0 Å². The third kappa shape index (κ3) is 2.57. The lowest BCUT2D eigenvalue weighted by Gasteiger charge is -2.35. The molecule has 0 aromatic heterocycles. The van der Waals surface area contributed by atoms with E-state index < -0.39 is 0 Å². The number of aryl methyl sites for hydroxylation is 3. The summed E-state index contributed by atoms with van der Waals surface area (Å²) in [5, 5.41) is 3.06. The minimum Gasteiger partial charge on any atom is -0.0683 e. The minimum atomic E-state index is 0.825. The lowest BCUT2D eigenvalue weighted by atomic mass is 9.70. The minimum absolute atomic E-state index is 0.825. The van der Waals surface area contributed by atoms with Gasteiger partial charge in [0.1, 0.15) is 0 Å². The van der Waals surface area contributed by atoms with E-state index >= 15 is 0 Å². The van der Waals surface area contributed by atoms with Crippen LogP contribution in [0.4, 0.5) is 0 Å². The van der Waals surface area contributed by atoms with E-state index in [-0.39, 0.29) is 0 Å². The van der Waals surface area contributed by atoms with Crippen molar-refractivity contribution >= 4 is 10.8 Å². The zero-order valence-corrected chi connectivity index (χ0v) is 15.6. The van der Waals surface area contributed by atoms with Crippen molar-refractivity contribution in [1.82, 2.24) is 0 Å². The monoisotopic (exact) mass is 296 g/mol. The SMILES string of the molecule is CC.CCCC1Cc2c1c(C)cc1cc(C)c(C)c(CC)c21. The van der Waals surface area contributed by atoms with Gasteiger partial charge in [-0.15, -0.1) is 0 Å². The average molecular weight is 296 g/mol. The first-order valence-corrected chi connectivity index (χ1v) is 9.13. The highest BCUT2D eigenvalue weighted by Crippen LogP contribution is 2.46. The number of hydrogen-bond acceptors (Lipinski definition) is 0. The molecule has 0 radical (unpaired) electrons. The highest BCUT2D eigenvalue weighted by atomic mass is 14.3. The lowest BCUT2D eigenvalue weighted by molar-refractivity contribution is 0.551. The summed E-state index contributed by atoms with van der Waals surface area (Å²) in [7, 11) is 0. The average Bonchev–Trinajstić information content (AvgIpc) is 2.48. The molecule has 0 saturated carbocycles. The van der Waals surface area contributed by atoms with Gasteiger partial charge in [0.15, 0.2) is 0 Å². The maximum atomic E-state index is 2.43. The molecule has 1 aliphatic carbocycles. The van der Waals surface area contributed by atoms with E-state index in [2.05, 4.69) is 46.8 Å². The molecule has 22 heavy (non-hydrogen) atoms. The van der Waals surface area contributed by atoms with Gasteiger partial charge in [-0.25, -0.2) is 0 Å². The summed E-state index contributed by atoms with van der Waals surface area (Å²) in [6.45, 7) is 15.5. The Kier molecular flexibility index (Phi) is 5.32. The maximum absolute atomic E-state index is 2.43. The van der Waals surface area contributed by atoms with Crippen LogP contribution in [-0.4, -0.2) is 0 Å². The highest BCUT2D eigenvalue weighted by Gasteiger charge is 2.30. The predicted octanol–water partition coefficient (Wildman–Crippen LogP) is 6.79. The summed E-state index contributed by atoms with van der Waals surface area (Å²) in [4.78, 5) is 0. The molecule has 1 unspecified atom stereocenters. The molecule has 0 amide bonds. The molecular formula is C22H32. The van der Waals surface area contributed by atoms with Crippen LogP contribution in [0.5, 0.6) is 0 Å². The van der Waals surface area contributed by atoms with Gasteiger partial charge in [0.25, 0.3) is 0 Å². The van der Waals surface area contributed by atoms with Gasteiger partial charge in [0.05, 0.1) is 0 Å². The third-order valence-corrected chi connectivity index (χ3v) is 5.28. The van der Waals surface area contributed by atoms with Crippen molar-refractivity contribution in [3.63, 3.8) is 0 Å². The van der Waals surface area contributed by atoms with E-state index in [9.17, 15) is 0 Å². The van der Waals surface area contributed by atoms with Gasteiger partial charge in [-0.2, -0.15) is 0 Å². The van der Waals surface area contributed by atoms with E-state index in [1.54, 1.807) is 22.1 Å². The molecular weight excluding hydrogens is 264 g/mol. The largest absolute Gasteiger partial charge is 0.0683 e. The van der Waals surface area contributed by atoms with Crippen molar-refractivity contribution in [2.75, 3.05) is 0 Å². The Bertz CT molecular complexity index is 676. The van der Waals surface area contributed by atoms with Crippen LogP contribution >= 0.6 is 0 Å². The summed E-state index contributed by atoms with van der Waals surface area (Å²) in [5.41, 5.74) is 9.40. The van der Waals surface area contributed by atoms with Gasteiger partial charge in [-0.3, -0.25) is 0 Å². The molecule has 2 aromatic rings. The maximum Gasteiger partial charge on any atom is -0.0114 e. The van der Waals surface area contributed by atoms with Gasteiger partial charge in [-0.1, -0.05) is 46.2 Å². The van der Waals surface area contributed by atoms with Crippen LogP contribution in [0.2, 0.25) is 0 Å². The molecule has 0 bridgehead atoms. The van der Waals surface area contributed by atoms with Crippen molar-refractivity contribution in [1.29, 1.82) is 0 Å². The van der Waals surface area contributed by atoms with Gasteiger partial charge in [-0.05, 0) is 90.1 Å². The smallest absolute Gasteiger partial charge is 0.0114 e. The quantitative estimate of drug-likeness (QED) is 0.584. The molecule has 0 fully saturated rings. The molecule has 0 nitrogen and oxygen atoms in total. The van der Waals surface area contributed by atoms with Crippen LogP contribution in [0.25, 0.3) is 10.8 Å². The van der Waals surface area contributed by atoms with E-state index in [0.29, 0.717) is 0 Å². The summed E-state index contributed by atoms with van der Waals surface area (Å²) in [5.74, 6) is 0.825. The molecule has 0 heteroatoms. The van der Waals surface area contributed by atoms with E-state index in [1.165, 1.54) is 41.3 Å². The normalized spacial score (nSPS) is 15.9. The van der Waals surface area contributed by atoms with Crippen LogP contribution in [0.1, 0.15) is 79.8 Å². The second kappa shape index (κ2) is 6.86. The van der Waals surface area contributed by atoms with Gasteiger partial charge in [0, 0.05) is 0 Å². The van der Waals surface area contributed by atoms with Crippen LogP contribution in [0, 0.1) is 20.8 Å². The van der Waals surface area contributed by atoms with Gasteiger partial charge in [0.2, 0.25) is 0 Å². The van der Waals surface area contributed by atoms with Crippen molar-refractivity contribution in [3.05, 3.63) is 45.5 Å². The van der Waals surface area contributed by atoms with Crippen LogP contribution < -0.4 is 0 Å². The molecule has 0 spiro atoms. The van der Waals surface area contributed by atoms with Crippen molar-refractivity contribution in [2.45, 2.75) is 80.1 Å². The molecule has 120 valence electrons. The Hall–Kier alpha value is -1.30. The number of fused-ring (bicyclic) bond motifs is 3. The summed E-state index contributed by atoms with van der Waals surface area (Å²) in [6, 6.07) is 4.83. The Morgan fingerprint density at radius 3 is 2.23 bits per heavy atom. The molecule has 3 rings (SSSR count). The zero-order chi connectivity index (χ0) is 16.4. The van der Waals surface area contributed by atoms with Gasteiger partial charge < -0.3 is 0 Å². The van der Waals surface area contributed by atoms with Gasteiger partial charge >= 0.3 is 0 Å². The van der Waals surface area contributed by atoms with Crippen molar-refractivity contribution < 1.29 is 0 Å². The first-order valence-electron chi connectivity index (χ1n) is 9.13. The molecule has 2 aromatic carbocycles. The fourth-order valence-electron chi connectivity index (χ4n) is 4.20. The molecule has 0 N–H and O–H groups in total. The predicted molar refractivity (Wildman–Crippen MR) is 100 cm³/mol. The lowest BCUT2D eigenvalue weighted by Crippen LogP contribution is -2.20. The standard InChI is InChI=1S/C20H26.C2H6/c1-6-8-15-11-18-19(15)13(4)10-16-9-12(3)14(5)17(7-2)20(16)18;1-2/h9-10,15H,6-8,11H2,1-5H3;1-2H3. The molecule has 0 aliphatic heterocycles. The van der Waals surface area contributed by atoms with E-state index in [4.69, 9.17) is 0 Å². The second-order valence-electron chi connectivity index (χ2n) is 6.52. The number of hydrogen-bond donors (Lipinski definition) is 0. The summed E-state index contributed by atoms with van der Waals surface area (Å²) >= 11 is 0. The summed E-state index contributed by atoms with van der Waals surface area (Å²) < 4.78 is 0. The first-order chi connectivity index (χ1) is 10.6. The fourth-order valence-corrected chi connectivity index (χ4v) is 4.20. The molecule has 1 atom stereocenters. The third-order valence-electron chi connectivity index (χ3n) is 5.28. The topological polar surface area (TPSA) is 0 Å². The molecule has 1 aliphatic rings. The molecule has 0 heterocycles. The second-order valence-corrected chi connectivity index (χ2v) is 6.52. The van der Waals surface area contributed by atoms with E-state index in [1.807, 2.05) is 13.8 Å². The highest BCUT2D eigenvalue weighted by molar-refractivity contribution is 5.94. The Balaban J connectivity index is 0.000000847. The van der Waals surface area contributed by atoms with E-state index in [0.717, 1.165) is 12.3 Å². The first kappa shape index (κ1) is 17.1. The Labute approximate surface area is 136 Å². The van der Waals surface area contributed by atoms with Crippen molar-refractivity contribution in [3.8, 4) is 0 Å². The van der Waals surface area contributed by atoms with Crippen molar-refractivity contribution in [2.24, 2.45) is 0 Å². The van der Waals surface area contributed by atoms with Crippen LogP contribution in [-0.2, 0) is 12.8 Å². The Morgan fingerprint density at radius 2 is 1.64 bits per heavy atom. The summed E-state index contributed by atoms with van der Waals surface area (Å²) in [6.07, 6.45) is 5.11. The Morgan fingerprint density at radius 1 is 1.00 bits per heavy atom. The zero-order valence-electron chi connectivity index (χ0n) is 15.6. The van der Waals surface area contributed by atoms with Crippen LogP contribution in [0.15, 0.2) is 12.1 Å². The number of benzene rings is 2.